The molecule has 0 spiro atoms. The third-order valence-electron chi connectivity index (χ3n) is 4.97. The first kappa shape index (κ1) is 37.4. The van der Waals surface area contributed by atoms with Crippen LogP contribution in [0.3, 0.4) is 0 Å². The number of benzene rings is 3. The van der Waals surface area contributed by atoms with Gasteiger partial charge in [0.15, 0.2) is 4.99 Å². The van der Waals surface area contributed by atoms with E-state index in [1.165, 1.54) is 0 Å². The van der Waals surface area contributed by atoms with E-state index in [4.69, 9.17) is 9.29 Å². The predicted octanol–water partition coefficient (Wildman–Crippen LogP) is -3.87. The van der Waals surface area contributed by atoms with Crippen LogP contribution in [0.25, 0.3) is 0 Å². The van der Waals surface area contributed by atoms with Gasteiger partial charge < -0.3 is 18.8 Å². The Bertz CT molecular complexity index is 1220. The van der Waals surface area contributed by atoms with Crippen LogP contribution < -0.4 is 159 Å². The normalized spacial score (nSPS) is 11.9. The molecule has 7 nitrogen and oxygen atoms in total. The Morgan fingerprint density at radius 1 is 0.857 bits per heavy atom. The van der Waals surface area contributed by atoms with E-state index in [1.807, 2.05) is 48.5 Å². The van der Waals surface area contributed by atoms with E-state index in [1.54, 1.807) is 18.2 Å². The smallest absolute Gasteiger partial charge is 1.00 e. The molecule has 0 aromatic heterocycles. The minimum Gasteiger partial charge on any atom is -1.00 e. The van der Waals surface area contributed by atoms with Gasteiger partial charge in [-0.05, 0) is 54.2 Å². The van der Waals surface area contributed by atoms with Crippen molar-refractivity contribution in [2.24, 2.45) is 0 Å². The number of para-hydroxylation sites is 1. The molecule has 0 bridgehead atoms. The summed E-state index contributed by atoms with van der Waals surface area (Å²) in [5, 5.41) is 0. The predicted molar refractivity (Wildman–Crippen MR) is 126 cm³/mol. The summed E-state index contributed by atoms with van der Waals surface area (Å²) in [6.07, 6.45) is 0.905. The Kier molecular flexibility index (Phi) is 19.2. The van der Waals surface area contributed by atoms with Gasteiger partial charge in [0, 0.05) is 6.42 Å². The monoisotopic (exact) mass is 596 g/mol. The third kappa shape index (κ3) is 13.1. The Morgan fingerprint density at radius 2 is 1.46 bits per heavy atom. The van der Waals surface area contributed by atoms with Crippen molar-refractivity contribution in [1.29, 1.82) is 0 Å². The van der Waals surface area contributed by atoms with Gasteiger partial charge in [-0.1, -0.05) is 60.7 Å². The first-order valence-corrected chi connectivity index (χ1v) is 13.2. The van der Waals surface area contributed by atoms with E-state index in [0.717, 1.165) is 28.9 Å². The number of hydrogen-bond donors (Lipinski definition) is 3. The average Bonchev–Trinajstić information content (AvgIpc) is 2.72. The second kappa shape index (κ2) is 18.0. The fourth-order valence-electron chi connectivity index (χ4n) is 3.43. The minimum atomic E-state index is -4.97. The molecule has 0 saturated heterocycles. The van der Waals surface area contributed by atoms with Crippen molar-refractivity contribution < 1.29 is 190 Å². The molecule has 3 aromatic carbocycles. The molecule has 0 fully saturated rings. The Hall–Kier alpha value is 2.43. The summed E-state index contributed by atoms with van der Waals surface area (Å²) in [6.45, 7) is 0. The molecule has 1 atom stereocenters. The van der Waals surface area contributed by atoms with Gasteiger partial charge in [-0.25, -0.2) is 0 Å². The summed E-state index contributed by atoms with van der Waals surface area (Å²) in [4.78, 5) is 16.3. The topological polar surface area (TPSA) is 121 Å². The van der Waals surface area contributed by atoms with Crippen molar-refractivity contribution >= 4 is 17.7 Å². The minimum absolute atomic E-state index is 0. The number of rotatable bonds is 10. The zero-order valence-corrected chi connectivity index (χ0v) is 31.3. The van der Waals surface area contributed by atoms with Crippen LogP contribution >= 0.6 is 7.60 Å². The summed E-state index contributed by atoms with van der Waals surface area (Å²) < 4.78 is 49.2. The molecule has 3 rings (SSSR count). The molecular weight excluding hydrogens is 569 g/mol. The van der Waals surface area contributed by atoms with Gasteiger partial charge in [0.25, 0.3) is 10.1 Å². The van der Waals surface area contributed by atoms with Crippen molar-refractivity contribution in [3.8, 4) is 11.5 Å². The SMILES string of the molecule is O=P(O)(O)C(CCCc1cccc(Oc2ccccc2Cc2ccccc2)c1)S(=O)(=O)O.[H-].[H-].[H-].[K+].[K+].[K+]. The zero-order chi connectivity index (χ0) is 23.2. The molecule has 0 radical (unpaired) electrons. The van der Waals surface area contributed by atoms with Crippen LogP contribution in [0, 0.1) is 0 Å². The van der Waals surface area contributed by atoms with Crippen LogP contribution in [0.1, 0.15) is 33.8 Å². The maximum Gasteiger partial charge on any atom is 1.00 e. The van der Waals surface area contributed by atoms with Gasteiger partial charge in [-0.3, -0.25) is 9.12 Å². The van der Waals surface area contributed by atoms with Gasteiger partial charge >= 0.3 is 162 Å². The molecule has 1 unspecified atom stereocenters. The van der Waals surface area contributed by atoms with Crippen LogP contribution in [0.5, 0.6) is 11.5 Å². The maximum atomic E-state index is 11.4. The molecule has 0 amide bonds. The number of ether oxygens (including phenoxy) is 1. The van der Waals surface area contributed by atoms with E-state index in [9.17, 15) is 22.8 Å². The molecule has 12 heteroatoms. The van der Waals surface area contributed by atoms with E-state index < -0.39 is 22.7 Å². The van der Waals surface area contributed by atoms with Crippen LogP contribution in [0.4, 0.5) is 0 Å². The summed E-state index contributed by atoms with van der Waals surface area (Å²) in [6, 6.07) is 25.0. The molecule has 0 aliphatic heterocycles. The maximum absolute atomic E-state index is 11.4. The quantitative estimate of drug-likeness (QED) is 0.125. The zero-order valence-electron chi connectivity index (χ0n) is 23.2. The molecule has 0 aliphatic rings. The van der Waals surface area contributed by atoms with Crippen molar-refractivity contribution in [2.75, 3.05) is 0 Å². The second-order valence-electron chi connectivity index (χ2n) is 7.47. The summed E-state index contributed by atoms with van der Waals surface area (Å²) >= 11 is 0. The van der Waals surface area contributed by atoms with Gasteiger partial charge in [-0.2, -0.15) is 8.42 Å². The van der Waals surface area contributed by atoms with E-state index in [-0.39, 0.29) is 171 Å². The average molecular weight is 597 g/mol. The molecular formula is C23H28K3O7PS. The Morgan fingerprint density at radius 3 is 2.09 bits per heavy atom. The molecule has 0 aliphatic carbocycles. The van der Waals surface area contributed by atoms with E-state index in [0.29, 0.717) is 12.2 Å². The van der Waals surface area contributed by atoms with Crippen molar-refractivity contribution in [3.05, 3.63) is 95.6 Å². The van der Waals surface area contributed by atoms with E-state index in [2.05, 4.69) is 12.1 Å². The van der Waals surface area contributed by atoms with Crippen LogP contribution in [0.15, 0.2) is 78.9 Å². The largest absolute Gasteiger partial charge is 1.00 e. The van der Waals surface area contributed by atoms with Crippen molar-refractivity contribution in [1.82, 2.24) is 0 Å². The molecule has 35 heavy (non-hydrogen) atoms. The van der Waals surface area contributed by atoms with Crippen LogP contribution in [0.2, 0.25) is 0 Å². The van der Waals surface area contributed by atoms with Gasteiger partial charge in [0.05, 0.1) is 0 Å². The summed E-state index contributed by atoms with van der Waals surface area (Å²) in [5.74, 6) is 1.32. The fraction of sp³-hybridized carbons (Fsp3) is 0.217. The van der Waals surface area contributed by atoms with Gasteiger partial charge in [-0.15, -0.1) is 0 Å². The van der Waals surface area contributed by atoms with Gasteiger partial charge in [0.2, 0.25) is 0 Å². The standard InChI is InChI=1S/C23H25O7PS.3K.3H/c24-31(25,26)23(32(27,28)29)15-7-11-19-10-6-13-21(17-19)30-22-14-5-4-12-20(22)16-18-8-2-1-3-9-18;;;;;;/h1-6,8-10,12-14,17,23H,7,11,15-16H2,(H2,24,25,26)(H,27,28,29);;;;;;/q;3*+1;3*-1. The van der Waals surface area contributed by atoms with Crippen LogP contribution in [-0.4, -0.2) is 27.7 Å². The van der Waals surface area contributed by atoms with Crippen molar-refractivity contribution in [2.45, 2.75) is 30.7 Å². The molecule has 3 N–H and O–H groups in total. The third-order valence-corrected chi connectivity index (χ3v) is 8.53. The summed E-state index contributed by atoms with van der Waals surface area (Å²) in [5.41, 5.74) is 3.01. The van der Waals surface area contributed by atoms with E-state index >= 15 is 0 Å². The Balaban J connectivity index is -0.000000963. The Labute approximate surface area is 338 Å². The second-order valence-corrected chi connectivity index (χ2v) is 11.2. The van der Waals surface area contributed by atoms with Gasteiger partial charge in [0.1, 0.15) is 11.5 Å². The summed E-state index contributed by atoms with van der Waals surface area (Å²) in [7, 11) is -9.82. The molecule has 3 aromatic rings. The molecule has 0 heterocycles. The van der Waals surface area contributed by atoms with Crippen LogP contribution in [-0.2, 0) is 27.5 Å². The number of hydrogen-bond acceptors (Lipinski definition) is 4. The van der Waals surface area contributed by atoms with Crippen molar-refractivity contribution in [3.63, 3.8) is 0 Å². The number of aryl methyl sites for hydroxylation is 1. The fourth-order valence-corrected chi connectivity index (χ4v) is 5.80. The first-order valence-electron chi connectivity index (χ1n) is 10.0. The first-order chi connectivity index (χ1) is 15.1. The molecule has 176 valence electrons. The molecule has 0 saturated carbocycles.